The predicted octanol–water partition coefficient (Wildman–Crippen LogP) is 3.24. The maximum Gasteiger partial charge on any atom is 0.345 e. The van der Waals surface area contributed by atoms with Gasteiger partial charge in [-0.3, -0.25) is 0 Å². The zero-order chi connectivity index (χ0) is 9.68. The average molecular weight is 261 g/mol. The number of aromatic carboxylic acids is 1. The van der Waals surface area contributed by atoms with Crippen LogP contribution in [-0.4, -0.2) is 16.4 Å². The van der Waals surface area contributed by atoms with Crippen LogP contribution in [0.1, 0.15) is 21.7 Å². The maximum absolute atomic E-state index is 10.5. The zero-order valence-corrected chi connectivity index (χ0v) is 9.27. The number of hydrogen-bond acceptors (Lipinski definition) is 2. The highest BCUT2D eigenvalue weighted by molar-refractivity contribution is 9.09. The summed E-state index contributed by atoms with van der Waals surface area (Å²) in [5.41, 5.74) is 0.961. The fourth-order valence-corrected chi connectivity index (χ4v) is 1.81. The molecule has 1 rings (SSSR count). The van der Waals surface area contributed by atoms with E-state index in [2.05, 4.69) is 15.9 Å². The van der Waals surface area contributed by atoms with Crippen molar-refractivity contribution < 1.29 is 9.90 Å². The Kier molecular flexibility index (Phi) is 4.18. The smallest absolute Gasteiger partial charge is 0.345 e. The fraction of sp³-hybridized carbons (Fsp3) is 0.222. The predicted molar refractivity (Wildman–Crippen MR) is 58.7 cm³/mol. The molecule has 70 valence electrons. The number of carbonyl (C=O) groups is 1. The summed E-state index contributed by atoms with van der Waals surface area (Å²) >= 11 is 4.56. The van der Waals surface area contributed by atoms with Crippen LogP contribution in [0, 0.1) is 0 Å². The van der Waals surface area contributed by atoms with E-state index in [1.165, 1.54) is 11.3 Å². The summed E-state index contributed by atoms with van der Waals surface area (Å²) in [4.78, 5) is 10.9. The van der Waals surface area contributed by atoms with Gasteiger partial charge in [0.2, 0.25) is 0 Å². The van der Waals surface area contributed by atoms with Crippen LogP contribution in [-0.2, 0) is 0 Å². The Hall–Kier alpha value is -0.610. The van der Waals surface area contributed by atoms with E-state index in [9.17, 15) is 4.79 Å². The van der Waals surface area contributed by atoms with E-state index in [0.29, 0.717) is 4.88 Å². The Bertz CT molecular complexity index is 317. The van der Waals surface area contributed by atoms with Crippen molar-refractivity contribution in [3.8, 4) is 0 Å². The van der Waals surface area contributed by atoms with Crippen LogP contribution in [0.5, 0.6) is 0 Å². The van der Waals surface area contributed by atoms with Crippen molar-refractivity contribution >= 4 is 39.3 Å². The average Bonchev–Trinajstić information content (AvgIpc) is 2.53. The van der Waals surface area contributed by atoms with Crippen molar-refractivity contribution in [3.63, 3.8) is 0 Å². The van der Waals surface area contributed by atoms with Crippen molar-refractivity contribution in [2.75, 3.05) is 5.33 Å². The summed E-state index contributed by atoms with van der Waals surface area (Å²) in [7, 11) is 0. The number of hydrogen-bond donors (Lipinski definition) is 1. The Morgan fingerprint density at radius 1 is 1.69 bits per heavy atom. The fourth-order valence-electron chi connectivity index (χ4n) is 0.833. The van der Waals surface area contributed by atoms with Crippen molar-refractivity contribution in [2.45, 2.75) is 6.42 Å². The second-order valence-electron chi connectivity index (χ2n) is 2.43. The monoisotopic (exact) mass is 260 g/mol. The minimum absolute atomic E-state index is 0.387. The first-order chi connectivity index (χ1) is 6.24. The second-order valence-corrected chi connectivity index (χ2v) is 4.13. The lowest BCUT2D eigenvalue weighted by Gasteiger charge is -1.84. The van der Waals surface area contributed by atoms with Gasteiger partial charge >= 0.3 is 5.97 Å². The number of carboxylic acids is 1. The minimum Gasteiger partial charge on any atom is -0.477 e. The zero-order valence-electron chi connectivity index (χ0n) is 6.87. The molecular formula is C9H9BrO2S. The van der Waals surface area contributed by atoms with E-state index >= 15 is 0 Å². The molecule has 4 heteroatoms. The van der Waals surface area contributed by atoms with E-state index in [-0.39, 0.29) is 0 Å². The van der Waals surface area contributed by atoms with E-state index in [1.807, 2.05) is 17.5 Å². The highest BCUT2D eigenvalue weighted by Crippen LogP contribution is 2.16. The summed E-state index contributed by atoms with van der Waals surface area (Å²) in [6.07, 6.45) is 4.91. The number of thiophene rings is 1. The van der Waals surface area contributed by atoms with Gasteiger partial charge in [-0.15, -0.1) is 11.3 Å². The molecule has 0 aliphatic heterocycles. The molecule has 0 aromatic carbocycles. The lowest BCUT2D eigenvalue weighted by molar-refractivity contribution is 0.0702. The van der Waals surface area contributed by atoms with Crippen molar-refractivity contribution in [2.24, 2.45) is 0 Å². The van der Waals surface area contributed by atoms with Crippen LogP contribution in [0.2, 0.25) is 0 Å². The molecule has 13 heavy (non-hydrogen) atoms. The largest absolute Gasteiger partial charge is 0.477 e. The van der Waals surface area contributed by atoms with Crippen LogP contribution in [0.3, 0.4) is 0 Å². The van der Waals surface area contributed by atoms with Gasteiger partial charge in [0.15, 0.2) is 0 Å². The molecule has 0 amide bonds. The first kappa shape index (κ1) is 10.5. The van der Waals surface area contributed by atoms with Crippen LogP contribution in [0.25, 0.3) is 6.08 Å². The number of carboxylic acid groups (broad SMARTS) is 1. The molecule has 1 aromatic rings. The number of halogens is 1. The van der Waals surface area contributed by atoms with E-state index in [1.54, 1.807) is 6.07 Å². The molecule has 0 aliphatic rings. The highest BCUT2D eigenvalue weighted by Gasteiger charge is 2.04. The first-order valence-electron chi connectivity index (χ1n) is 3.78. The minimum atomic E-state index is -0.856. The van der Waals surface area contributed by atoms with Crippen LogP contribution >= 0.6 is 27.3 Å². The molecule has 0 saturated carbocycles. The lowest BCUT2D eigenvalue weighted by atomic mass is 10.2. The van der Waals surface area contributed by atoms with E-state index in [0.717, 1.165) is 17.3 Å². The highest BCUT2D eigenvalue weighted by atomic mass is 79.9. The van der Waals surface area contributed by atoms with Gasteiger partial charge in [0.05, 0.1) is 0 Å². The molecular weight excluding hydrogens is 252 g/mol. The third-order valence-corrected chi connectivity index (χ3v) is 2.81. The topological polar surface area (TPSA) is 37.3 Å². The van der Waals surface area contributed by atoms with Crippen LogP contribution in [0.15, 0.2) is 17.5 Å². The normalized spacial score (nSPS) is 10.8. The van der Waals surface area contributed by atoms with Gasteiger partial charge in [-0.1, -0.05) is 28.1 Å². The molecule has 0 atom stereocenters. The molecule has 2 nitrogen and oxygen atoms in total. The standard InChI is InChI=1S/C9H9BrO2S/c10-4-2-1-3-7-5-8(9(11)12)13-6-7/h1,3,5-6H,2,4H2,(H,11,12). The maximum atomic E-state index is 10.5. The van der Waals surface area contributed by atoms with Gasteiger partial charge < -0.3 is 5.11 Å². The summed E-state index contributed by atoms with van der Waals surface area (Å²) < 4.78 is 0. The van der Waals surface area contributed by atoms with Gasteiger partial charge in [-0.05, 0) is 23.4 Å². The lowest BCUT2D eigenvalue weighted by Crippen LogP contribution is -1.89. The molecule has 0 bridgehead atoms. The van der Waals surface area contributed by atoms with Gasteiger partial charge in [0.1, 0.15) is 4.88 Å². The summed E-state index contributed by atoms with van der Waals surface area (Å²) in [5.74, 6) is -0.856. The molecule has 1 N–H and O–H groups in total. The Morgan fingerprint density at radius 2 is 2.46 bits per heavy atom. The molecule has 1 heterocycles. The van der Waals surface area contributed by atoms with Crippen LogP contribution in [0.4, 0.5) is 0 Å². The third-order valence-electron chi connectivity index (χ3n) is 1.42. The van der Waals surface area contributed by atoms with Crippen molar-refractivity contribution in [1.29, 1.82) is 0 Å². The molecule has 0 fully saturated rings. The van der Waals surface area contributed by atoms with Gasteiger partial charge in [0, 0.05) is 5.33 Å². The Morgan fingerprint density at radius 3 is 3.00 bits per heavy atom. The summed E-state index contributed by atoms with van der Waals surface area (Å²) in [5, 5.41) is 11.4. The Labute approximate surface area is 89.0 Å². The second kappa shape index (κ2) is 5.19. The molecule has 0 unspecified atom stereocenters. The molecule has 1 aromatic heterocycles. The third kappa shape index (κ3) is 3.32. The van der Waals surface area contributed by atoms with Crippen LogP contribution < -0.4 is 0 Å². The Balaban J connectivity index is 2.64. The van der Waals surface area contributed by atoms with E-state index < -0.39 is 5.97 Å². The van der Waals surface area contributed by atoms with Crippen molar-refractivity contribution in [1.82, 2.24) is 0 Å². The quantitative estimate of drug-likeness (QED) is 0.845. The molecule has 0 aliphatic carbocycles. The van der Waals surface area contributed by atoms with Crippen molar-refractivity contribution in [3.05, 3.63) is 28.0 Å². The number of allylic oxidation sites excluding steroid dienone is 1. The van der Waals surface area contributed by atoms with Gasteiger partial charge in [-0.25, -0.2) is 4.79 Å². The SMILES string of the molecule is O=C(O)c1cc(C=CCCBr)cs1. The first-order valence-corrected chi connectivity index (χ1v) is 5.78. The molecule has 0 spiro atoms. The summed E-state index contributed by atoms with van der Waals surface area (Å²) in [6, 6.07) is 1.68. The number of rotatable bonds is 4. The van der Waals surface area contributed by atoms with Gasteiger partial charge in [-0.2, -0.15) is 0 Å². The number of alkyl halides is 1. The molecule has 0 saturated heterocycles. The molecule has 0 radical (unpaired) electrons. The van der Waals surface area contributed by atoms with E-state index in [4.69, 9.17) is 5.11 Å². The summed E-state index contributed by atoms with van der Waals surface area (Å²) in [6.45, 7) is 0. The van der Waals surface area contributed by atoms with Gasteiger partial charge in [0.25, 0.3) is 0 Å².